The minimum Gasteiger partial charge on any atom is -0.512 e. The lowest BCUT2D eigenvalue weighted by Gasteiger charge is -2.16. The molecular formula is C20H36O2. The van der Waals surface area contributed by atoms with Gasteiger partial charge in [0.15, 0.2) is 0 Å². The first-order valence-electron chi connectivity index (χ1n) is 9.02. The molecule has 0 saturated heterocycles. The van der Waals surface area contributed by atoms with Crippen LogP contribution in [-0.2, 0) is 4.79 Å². The summed E-state index contributed by atoms with van der Waals surface area (Å²) in [5.41, 5.74) is 1.35. The summed E-state index contributed by atoms with van der Waals surface area (Å²) in [5, 5.41) is 8.84. The number of rotatable bonds is 8. The van der Waals surface area contributed by atoms with Gasteiger partial charge in [0.25, 0.3) is 0 Å². The number of aliphatic hydroxyl groups is 1. The molecule has 0 radical (unpaired) electrons. The summed E-state index contributed by atoms with van der Waals surface area (Å²) in [7, 11) is 0. The normalized spacial score (nSPS) is 16.8. The van der Waals surface area contributed by atoms with Gasteiger partial charge in [-0.05, 0) is 38.2 Å². The molecular weight excluding hydrogens is 272 g/mol. The maximum Gasteiger partial charge on any atom is 0.135 e. The average Bonchev–Trinajstić information content (AvgIpc) is 2.53. The van der Waals surface area contributed by atoms with Crippen molar-refractivity contribution in [1.82, 2.24) is 0 Å². The molecule has 0 amide bonds. The molecule has 1 aliphatic rings. The van der Waals surface area contributed by atoms with Gasteiger partial charge in [-0.15, -0.1) is 0 Å². The molecule has 1 aliphatic carbocycles. The Balaban J connectivity index is 0.000000461. The number of carbonyl (C=O) groups is 1. The van der Waals surface area contributed by atoms with Crippen LogP contribution in [0.25, 0.3) is 0 Å². The van der Waals surface area contributed by atoms with E-state index >= 15 is 0 Å². The molecule has 128 valence electrons. The van der Waals surface area contributed by atoms with Gasteiger partial charge in [-0.25, -0.2) is 0 Å². The van der Waals surface area contributed by atoms with Crippen molar-refractivity contribution in [3.8, 4) is 0 Å². The summed E-state index contributed by atoms with van der Waals surface area (Å²) in [5.74, 6) is 2.10. The van der Waals surface area contributed by atoms with Gasteiger partial charge in [0, 0.05) is 18.8 Å². The fourth-order valence-electron chi connectivity index (χ4n) is 2.52. The second kappa shape index (κ2) is 12.5. The van der Waals surface area contributed by atoms with Gasteiger partial charge in [0.1, 0.15) is 5.78 Å². The van der Waals surface area contributed by atoms with E-state index in [1.54, 1.807) is 6.08 Å². The van der Waals surface area contributed by atoms with Crippen molar-refractivity contribution >= 4 is 5.78 Å². The first-order chi connectivity index (χ1) is 10.4. The van der Waals surface area contributed by atoms with E-state index in [2.05, 4.69) is 27.7 Å². The quantitative estimate of drug-likeness (QED) is 0.565. The molecule has 0 aliphatic heterocycles. The largest absolute Gasteiger partial charge is 0.512 e. The van der Waals surface area contributed by atoms with Crippen molar-refractivity contribution in [3.63, 3.8) is 0 Å². The van der Waals surface area contributed by atoms with Crippen molar-refractivity contribution in [1.29, 1.82) is 0 Å². The van der Waals surface area contributed by atoms with Crippen LogP contribution in [0.3, 0.4) is 0 Å². The zero-order valence-electron chi connectivity index (χ0n) is 15.3. The molecule has 2 atom stereocenters. The Morgan fingerprint density at radius 2 is 1.82 bits per heavy atom. The van der Waals surface area contributed by atoms with E-state index in [1.165, 1.54) is 18.4 Å². The van der Waals surface area contributed by atoms with Crippen molar-refractivity contribution < 1.29 is 9.90 Å². The second-order valence-corrected chi connectivity index (χ2v) is 6.57. The van der Waals surface area contributed by atoms with Crippen LogP contribution in [0.1, 0.15) is 86.0 Å². The van der Waals surface area contributed by atoms with Gasteiger partial charge < -0.3 is 5.11 Å². The van der Waals surface area contributed by atoms with Gasteiger partial charge in [-0.1, -0.05) is 58.6 Å². The summed E-state index contributed by atoms with van der Waals surface area (Å²) in [6.07, 6.45) is 12.1. The van der Waals surface area contributed by atoms with Crippen LogP contribution in [0.15, 0.2) is 23.5 Å². The SMILES string of the molecule is CC1=CC=C(O)CC1.CCCC(CCC(C)CC)C(=O)CC. The summed E-state index contributed by atoms with van der Waals surface area (Å²) in [6, 6.07) is 0. The van der Waals surface area contributed by atoms with Gasteiger partial charge >= 0.3 is 0 Å². The monoisotopic (exact) mass is 308 g/mol. The van der Waals surface area contributed by atoms with Gasteiger partial charge in [-0.3, -0.25) is 4.79 Å². The van der Waals surface area contributed by atoms with E-state index in [-0.39, 0.29) is 0 Å². The molecule has 0 fully saturated rings. The Bertz CT molecular complexity index is 348. The third-order valence-corrected chi connectivity index (χ3v) is 4.48. The van der Waals surface area contributed by atoms with Crippen molar-refractivity contribution in [3.05, 3.63) is 23.5 Å². The van der Waals surface area contributed by atoms with E-state index in [1.807, 2.05) is 13.0 Å². The molecule has 2 heteroatoms. The molecule has 1 N–H and O–H groups in total. The van der Waals surface area contributed by atoms with Crippen LogP contribution in [-0.4, -0.2) is 10.9 Å². The molecule has 0 aromatic rings. The van der Waals surface area contributed by atoms with Crippen LogP contribution in [0.4, 0.5) is 0 Å². The van der Waals surface area contributed by atoms with E-state index < -0.39 is 0 Å². The molecule has 2 nitrogen and oxygen atoms in total. The fourth-order valence-corrected chi connectivity index (χ4v) is 2.52. The first-order valence-corrected chi connectivity index (χ1v) is 9.02. The van der Waals surface area contributed by atoms with Crippen LogP contribution < -0.4 is 0 Å². The fraction of sp³-hybridized carbons (Fsp3) is 0.750. The number of hydrogen-bond donors (Lipinski definition) is 1. The van der Waals surface area contributed by atoms with Crippen molar-refractivity contribution in [2.45, 2.75) is 86.0 Å². The number of carbonyl (C=O) groups excluding carboxylic acids is 1. The lowest BCUT2D eigenvalue weighted by atomic mass is 9.88. The standard InChI is InChI=1S/C13H26O.C7H10O/c1-5-8-12(13(14)7-3)10-9-11(4)6-2;1-6-2-4-7(8)5-3-6/h11-12H,5-10H2,1-4H3;2,4,8H,3,5H2,1H3. The van der Waals surface area contributed by atoms with Gasteiger partial charge in [-0.2, -0.15) is 0 Å². The first kappa shape index (κ1) is 20.9. The number of aliphatic hydroxyl groups excluding tert-OH is 1. The number of Topliss-reactive ketones (excluding diaryl/α,β-unsaturated/α-hetero) is 1. The Morgan fingerprint density at radius 1 is 1.14 bits per heavy atom. The lowest BCUT2D eigenvalue weighted by molar-refractivity contribution is -0.123. The molecule has 0 spiro atoms. The van der Waals surface area contributed by atoms with E-state index in [0.717, 1.165) is 38.0 Å². The highest BCUT2D eigenvalue weighted by Gasteiger charge is 2.16. The minimum absolute atomic E-state index is 0.346. The van der Waals surface area contributed by atoms with E-state index in [4.69, 9.17) is 5.11 Å². The molecule has 2 unspecified atom stereocenters. The highest BCUT2D eigenvalue weighted by molar-refractivity contribution is 5.80. The van der Waals surface area contributed by atoms with Crippen molar-refractivity contribution in [2.24, 2.45) is 11.8 Å². The second-order valence-electron chi connectivity index (χ2n) is 6.57. The minimum atomic E-state index is 0.346. The predicted molar refractivity (Wildman–Crippen MR) is 96.1 cm³/mol. The summed E-state index contributed by atoms with van der Waals surface area (Å²) < 4.78 is 0. The van der Waals surface area contributed by atoms with Crippen LogP contribution in [0.2, 0.25) is 0 Å². The summed E-state index contributed by atoms with van der Waals surface area (Å²) >= 11 is 0. The molecule has 0 saturated carbocycles. The molecule has 0 aromatic carbocycles. The third kappa shape index (κ3) is 9.81. The zero-order chi connectivity index (χ0) is 17.0. The predicted octanol–water partition coefficient (Wildman–Crippen LogP) is 6.38. The molecule has 1 rings (SSSR count). The smallest absolute Gasteiger partial charge is 0.135 e. The highest BCUT2D eigenvalue weighted by Crippen LogP contribution is 2.20. The average molecular weight is 309 g/mol. The van der Waals surface area contributed by atoms with Crippen LogP contribution in [0, 0.1) is 11.8 Å². The summed E-state index contributed by atoms with van der Waals surface area (Å²) in [6.45, 7) is 10.7. The lowest BCUT2D eigenvalue weighted by Crippen LogP contribution is -2.14. The molecule has 22 heavy (non-hydrogen) atoms. The number of allylic oxidation sites excluding steroid dienone is 4. The number of hydrogen-bond acceptors (Lipinski definition) is 2. The maximum absolute atomic E-state index is 11.6. The molecule has 0 bridgehead atoms. The Hall–Kier alpha value is -1.05. The molecule has 0 heterocycles. The Kier molecular flexibility index (Phi) is 11.9. The van der Waals surface area contributed by atoms with Gasteiger partial charge in [0.05, 0.1) is 5.76 Å². The Morgan fingerprint density at radius 3 is 2.23 bits per heavy atom. The topological polar surface area (TPSA) is 37.3 Å². The van der Waals surface area contributed by atoms with E-state index in [0.29, 0.717) is 23.9 Å². The third-order valence-electron chi connectivity index (χ3n) is 4.48. The highest BCUT2D eigenvalue weighted by atomic mass is 16.3. The molecule has 0 aromatic heterocycles. The number of ketones is 1. The van der Waals surface area contributed by atoms with Crippen LogP contribution in [0.5, 0.6) is 0 Å². The van der Waals surface area contributed by atoms with E-state index in [9.17, 15) is 4.79 Å². The van der Waals surface area contributed by atoms with Crippen molar-refractivity contribution in [2.75, 3.05) is 0 Å². The maximum atomic E-state index is 11.6. The Labute approximate surface area is 137 Å². The van der Waals surface area contributed by atoms with Crippen LogP contribution >= 0.6 is 0 Å². The summed E-state index contributed by atoms with van der Waals surface area (Å²) in [4.78, 5) is 11.6. The zero-order valence-corrected chi connectivity index (χ0v) is 15.3. The van der Waals surface area contributed by atoms with Gasteiger partial charge in [0.2, 0.25) is 0 Å².